The first kappa shape index (κ1) is 18.7. The third kappa shape index (κ3) is 6.01. The Hall–Kier alpha value is -1.04. The van der Waals surface area contributed by atoms with E-state index in [4.69, 9.17) is 0 Å². The van der Waals surface area contributed by atoms with Gasteiger partial charge in [0.2, 0.25) is 0 Å². The Balaban J connectivity index is 1.46. The highest BCUT2D eigenvalue weighted by Gasteiger charge is 2.28. The van der Waals surface area contributed by atoms with Crippen molar-refractivity contribution in [1.29, 1.82) is 0 Å². The monoisotopic (exact) mass is 357 g/mol. The summed E-state index contributed by atoms with van der Waals surface area (Å²) in [6, 6.07) is 0. The van der Waals surface area contributed by atoms with E-state index < -0.39 is 12.7 Å². The van der Waals surface area contributed by atoms with Crippen LogP contribution in [0.4, 0.5) is 13.2 Å². The number of nitrogens with one attached hydrogen (secondary N) is 1. The summed E-state index contributed by atoms with van der Waals surface area (Å²) in [5, 5.41) is 3.20. The third-order valence-corrected chi connectivity index (χ3v) is 5.82. The van der Waals surface area contributed by atoms with Crippen LogP contribution in [0.15, 0.2) is 16.3 Å². The highest BCUT2D eigenvalue weighted by molar-refractivity contribution is 5.85. The van der Waals surface area contributed by atoms with Gasteiger partial charge in [0, 0.05) is 31.6 Å². The molecule has 0 atom stereocenters. The van der Waals surface area contributed by atoms with Gasteiger partial charge in [0.05, 0.1) is 0 Å². The predicted molar refractivity (Wildman–Crippen MR) is 94.6 cm³/mol. The lowest BCUT2D eigenvalue weighted by atomic mass is 9.87. The molecule has 0 spiro atoms. The smallest absolute Gasteiger partial charge is 0.348 e. The average Bonchev–Trinajstić information content (AvgIpc) is 2.80. The SMILES string of the molecule is FC(F)(F)CN=C1CCC2=C(CCN(CCC3CCCCC3)CC2)N1. The van der Waals surface area contributed by atoms with Crippen molar-refractivity contribution >= 4 is 5.84 Å². The molecular weight excluding hydrogens is 327 g/mol. The first-order valence-corrected chi connectivity index (χ1v) is 9.80. The molecule has 3 aliphatic rings. The number of nitrogens with zero attached hydrogens (tertiary/aromatic N) is 2. The highest BCUT2D eigenvalue weighted by atomic mass is 19.4. The first-order valence-electron chi connectivity index (χ1n) is 9.80. The van der Waals surface area contributed by atoms with Gasteiger partial charge in [0.15, 0.2) is 0 Å². The Morgan fingerprint density at radius 1 is 1.00 bits per heavy atom. The molecular formula is C19H30F3N3. The summed E-state index contributed by atoms with van der Waals surface area (Å²) in [6.07, 6.45) is 7.47. The summed E-state index contributed by atoms with van der Waals surface area (Å²) in [4.78, 5) is 6.27. The highest BCUT2D eigenvalue weighted by Crippen LogP contribution is 2.28. The second-order valence-corrected chi connectivity index (χ2v) is 7.72. The lowest BCUT2D eigenvalue weighted by Gasteiger charge is -2.26. The van der Waals surface area contributed by atoms with Crippen LogP contribution < -0.4 is 5.32 Å². The molecule has 1 aliphatic carbocycles. The second kappa shape index (κ2) is 8.56. The van der Waals surface area contributed by atoms with Crippen molar-refractivity contribution in [3.05, 3.63) is 11.3 Å². The summed E-state index contributed by atoms with van der Waals surface area (Å²) >= 11 is 0. The largest absolute Gasteiger partial charge is 0.408 e. The zero-order valence-corrected chi connectivity index (χ0v) is 15.0. The summed E-state index contributed by atoms with van der Waals surface area (Å²) in [6.45, 7) is 2.18. The van der Waals surface area contributed by atoms with Gasteiger partial charge in [-0.15, -0.1) is 0 Å². The molecule has 3 rings (SSSR count). The van der Waals surface area contributed by atoms with E-state index in [1.807, 2.05) is 0 Å². The van der Waals surface area contributed by atoms with Crippen LogP contribution in [0.3, 0.4) is 0 Å². The number of hydrogen-bond acceptors (Lipinski definition) is 2. The Bertz CT molecular complexity index is 505. The topological polar surface area (TPSA) is 27.6 Å². The van der Waals surface area contributed by atoms with Crippen LogP contribution in [0.25, 0.3) is 0 Å². The number of hydrogen-bond donors (Lipinski definition) is 1. The number of alkyl halides is 3. The predicted octanol–water partition coefficient (Wildman–Crippen LogP) is 4.65. The van der Waals surface area contributed by atoms with Gasteiger partial charge in [0.1, 0.15) is 12.4 Å². The number of rotatable bonds is 4. The standard InChI is InChI=1S/C19H30F3N3/c20-19(21,22)14-23-18-7-6-16-9-12-25(13-10-17(16)24-18)11-8-15-4-2-1-3-5-15/h15H,1-14H2,(H,23,24). The van der Waals surface area contributed by atoms with Gasteiger partial charge < -0.3 is 10.2 Å². The molecule has 0 radical (unpaired) electrons. The van der Waals surface area contributed by atoms with E-state index in [-0.39, 0.29) is 0 Å². The fraction of sp³-hybridized carbons (Fsp3) is 0.842. The summed E-state index contributed by atoms with van der Waals surface area (Å²) in [5.74, 6) is 1.41. The van der Waals surface area contributed by atoms with E-state index in [9.17, 15) is 13.2 Å². The fourth-order valence-corrected chi connectivity index (χ4v) is 4.30. The van der Waals surface area contributed by atoms with Crippen LogP contribution in [0.1, 0.15) is 64.2 Å². The molecule has 2 aliphatic heterocycles. The van der Waals surface area contributed by atoms with Crippen molar-refractivity contribution in [3.63, 3.8) is 0 Å². The van der Waals surface area contributed by atoms with Gasteiger partial charge in [-0.25, -0.2) is 0 Å². The Morgan fingerprint density at radius 2 is 1.76 bits per heavy atom. The van der Waals surface area contributed by atoms with Crippen LogP contribution in [-0.4, -0.2) is 43.1 Å². The summed E-state index contributed by atoms with van der Waals surface area (Å²) in [7, 11) is 0. The lowest BCUT2D eigenvalue weighted by molar-refractivity contribution is -0.118. The van der Waals surface area contributed by atoms with Gasteiger partial charge in [-0.1, -0.05) is 32.1 Å². The summed E-state index contributed by atoms with van der Waals surface area (Å²) in [5.41, 5.74) is 2.53. The molecule has 0 aromatic heterocycles. The van der Waals surface area contributed by atoms with E-state index in [2.05, 4.69) is 15.2 Å². The molecule has 6 heteroatoms. The zero-order chi connectivity index (χ0) is 17.7. The van der Waals surface area contributed by atoms with Crippen molar-refractivity contribution in [2.24, 2.45) is 10.9 Å². The van der Waals surface area contributed by atoms with Gasteiger partial charge >= 0.3 is 6.18 Å². The number of aliphatic imine (C=N–C) groups is 1. The Kier molecular flexibility index (Phi) is 6.42. The molecule has 3 nitrogen and oxygen atoms in total. The van der Waals surface area contributed by atoms with Gasteiger partial charge in [-0.3, -0.25) is 4.99 Å². The maximum atomic E-state index is 12.3. The van der Waals surface area contributed by atoms with E-state index >= 15 is 0 Å². The zero-order valence-electron chi connectivity index (χ0n) is 15.0. The molecule has 0 unspecified atom stereocenters. The molecule has 1 fully saturated rings. The minimum Gasteiger partial charge on any atom is -0.348 e. The van der Waals surface area contributed by atoms with E-state index in [0.717, 1.165) is 44.0 Å². The van der Waals surface area contributed by atoms with Gasteiger partial charge in [0.25, 0.3) is 0 Å². The molecule has 0 aromatic carbocycles. The Labute approximate surface area is 148 Å². The molecule has 0 saturated heterocycles. The maximum Gasteiger partial charge on any atom is 0.408 e. The third-order valence-electron chi connectivity index (χ3n) is 5.82. The second-order valence-electron chi connectivity index (χ2n) is 7.72. The van der Waals surface area contributed by atoms with Crippen LogP contribution in [0.5, 0.6) is 0 Å². The molecule has 1 N–H and O–H groups in total. The number of amidine groups is 1. The van der Waals surface area contributed by atoms with E-state index in [0.29, 0.717) is 12.3 Å². The lowest BCUT2D eigenvalue weighted by Crippen LogP contribution is -2.31. The van der Waals surface area contributed by atoms with E-state index in [1.165, 1.54) is 50.6 Å². The normalized spacial score (nSPS) is 25.6. The van der Waals surface area contributed by atoms with Crippen molar-refractivity contribution in [1.82, 2.24) is 10.2 Å². The quantitative estimate of drug-likeness (QED) is 0.793. The van der Waals surface area contributed by atoms with Gasteiger partial charge in [-0.05, 0) is 37.3 Å². The molecule has 142 valence electrons. The van der Waals surface area contributed by atoms with E-state index in [1.54, 1.807) is 0 Å². The fourth-order valence-electron chi connectivity index (χ4n) is 4.30. The van der Waals surface area contributed by atoms with Crippen LogP contribution in [-0.2, 0) is 0 Å². The van der Waals surface area contributed by atoms with Crippen LogP contribution >= 0.6 is 0 Å². The molecule has 2 heterocycles. The van der Waals surface area contributed by atoms with Crippen LogP contribution in [0, 0.1) is 5.92 Å². The number of halogens is 3. The minimum atomic E-state index is -4.22. The molecule has 0 bridgehead atoms. The molecule has 25 heavy (non-hydrogen) atoms. The summed E-state index contributed by atoms with van der Waals surface area (Å²) < 4.78 is 37.0. The minimum absolute atomic E-state index is 0.506. The first-order chi connectivity index (χ1) is 12.0. The average molecular weight is 357 g/mol. The van der Waals surface area contributed by atoms with Gasteiger partial charge in [-0.2, -0.15) is 13.2 Å². The molecule has 0 aromatic rings. The maximum absolute atomic E-state index is 12.3. The molecule has 1 saturated carbocycles. The van der Waals surface area contributed by atoms with Crippen LogP contribution in [0.2, 0.25) is 0 Å². The van der Waals surface area contributed by atoms with Crippen molar-refractivity contribution in [2.75, 3.05) is 26.2 Å². The van der Waals surface area contributed by atoms with Crippen molar-refractivity contribution in [3.8, 4) is 0 Å². The molecule has 0 amide bonds. The van der Waals surface area contributed by atoms with Crippen molar-refractivity contribution < 1.29 is 13.2 Å². The Morgan fingerprint density at radius 3 is 2.52 bits per heavy atom. The van der Waals surface area contributed by atoms with Crippen molar-refractivity contribution in [2.45, 2.75) is 70.4 Å².